The fraction of sp³-hybridized carbons (Fsp3) is 0.412. The molecule has 1 atom stereocenters. The first-order chi connectivity index (χ1) is 10.1. The van der Waals surface area contributed by atoms with Crippen LogP contribution < -0.4 is 4.74 Å². The van der Waals surface area contributed by atoms with E-state index in [-0.39, 0.29) is 12.4 Å². The van der Waals surface area contributed by atoms with Crippen LogP contribution in [0.1, 0.15) is 31.2 Å². The van der Waals surface area contributed by atoms with Gasteiger partial charge in [-0.3, -0.25) is 9.59 Å². The summed E-state index contributed by atoms with van der Waals surface area (Å²) in [6.07, 6.45) is 4.07. The Morgan fingerprint density at radius 3 is 2.62 bits per heavy atom. The molecule has 0 aliphatic heterocycles. The van der Waals surface area contributed by atoms with Crippen molar-refractivity contribution in [2.24, 2.45) is 0 Å². The zero-order valence-electron chi connectivity index (χ0n) is 12.3. The standard InChI is InChI=1S/C17H20O4/c1-3-12-21-16(19)17(11-5-4-6-15(17)18)13-7-9-14(20-2)10-8-13/h3,7-10H,1,4-6,11-12H2,2H3. The van der Waals surface area contributed by atoms with Crippen LogP contribution in [0.4, 0.5) is 0 Å². The van der Waals surface area contributed by atoms with Crippen LogP contribution in [-0.4, -0.2) is 25.5 Å². The molecule has 0 radical (unpaired) electrons. The SMILES string of the molecule is C=CCOC(=O)C1(c2ccc(OC)cc2)CCCCC1=O. The summed E-state index contributed by atoms with van der Waals surface area (Å²) in [5.74, 6) is 0.155. The highest BCUT2D eigenvalue weighted by atomic mass is 16.5. The van der Waals surface area contributed by atoms with Crippen LogP contribution in [0.15, 0.2) is 36.9 Å². The number of carbonyl (C=O) groups is 2. The lowest BCUT2D eigenvalue weighted by atomic mass is 9.68. The Balaban J connectivity index is 2.41. The van der Waals surface area contributed by atoms with E-state index in [1.807, 2.05) is 0 Å². The second-order valence-electron chi connectivity index (χ2n) is 5.15. The number of ether oxygens (including phenoxy) is 2. The molecule has 1 fully saturated rings. The number of ketones is 1. The number of benzene rings is 1. The normalized spacial score (nSPS) is 21.7. The average Bonchev–Trinajstić information content (AvgIpc) is 2.53. The van der Waals surface area contributed by atoms with E-state index in [9.17, 15) is 9.59 Å². The lowest BCUT2D eigenvalue weighted by molar-refractivity contribution is -0.155. The molecule has 112 valence electrons. The first kappa shape index (κ1) is 15.3. The maximum absolute atomic E-state index is 12.5. The van der Waals surface area contributed by atoms with Gasteiger partial charge in [-0.25, -0.2) is 0 Å². The van der Waals surface area contributed by atoms with Crippen LogP contribution in [0.3, 0.4) is 0 Å². The molecule has 0 bridgehead atoms. The average molecular weight is 288 g/mol. The molecule has 0 spiro atoms. The molecule has 21 heavy (non-hydrogen) atoms. The van der Waals surface area contributed by atoms with Gasteiger partial charge < -0.3 is 9.47 Å². The van der Waals surface area contributed by atoms with Crippen LogP contribution in [-0.2, 0) is 19.7 Å². The molecule has 1 unspecified atom stereocenters. The second-order valence-corrected chi connectivity index (χ2v) is 5.15. The zero-order valence-corrected chi connectivity index (χ0v) is 12.3. The maximum Gasteiger partial charge on any atom is 0.324 e. The Labute approximate surface area is 124 Å². The van der Waals surface area contributed by atoms with E-state index in [0.717, 1.165) is 12.8 Å². The summed E-state index contributed by atoms with van der Waals surface area (Å²) in [4.78, 5) is 25.0. The van der Waals surface area contributed by atoms with E-state index in [1.165, 1.54) is 6.08 Å². The summed E-state index contributed by atoms with van der Waals surface area (Å²) >= 11 is 0. The van der Waals surface area contributed by atoms with Crippen molar-refractivity contribution in [1.29, 1.82) is 0 Å². The van der Waals surface area contributed by atoms with E-state index < -0.39 is 11.4 Å². The zero-order chi connectivity index (χ0) is 15.3. The van der Waals surface area contributed by atoms with Crippen LogP contribution in [0.25, 0.3) is 0 Å². The molecular formula is C17H20O4. The summed E-state index contributed by atoms with van der Waals surface area (Å²) < 4.78 is 10.3. The first-order valence-electron chi connectivity index (χ1n) is 7.11. The molecule has 0 N–H and O–H groups in total. The van der Waals surface area contributed by atoms with Crippen molar-refractivity contribution in [3.05, 3.63) is 42.5 Å². The van der Waals surface area contributed by atoms with Gasteiger partial charge >= 0.3 is 5.97 Å². The number of esters is 1. The monoisotopic (exact) mass is 288 g/mol. The maximum atomic E-state index is 12.5. The summed E-state index contributed by atoms with van der Waals surface area (Å²) in [5.41, 5.74) is -0.491. The molecular weight excluding hydrogens is 268 g/mol. The van der Waals surface area contributed by atoms with Gasteiger partial charge in [0.05, 0.1) is 7.11 Å². The van der Waals surface area contributed by atoms with Crippen LogP contribution in [0.2, 0.25) is 0 Å². The molecule has 2 rings (SSSR count). The van der Waals surface area contributed by atoms with Gasteiger partial charge in [-0.2, -0.15) is 0 Å². The van der Waals surface area contributed by atoms with E-state index >= 15 is 0 Å². The van der Waals surface area contributed by atoms with E-state index in [4.69, 9.17) is 9.47 Å². The number of Topliss-reactive ketones (excluding diaryl/α,β-unsaturated/α-hetero) is 1. The topological polar surface area (TPSA) is 52.6 Å². The van der Waals surface area contributed by atoms with Crippen LogP contribution >= 0.6 is 0 Å². The number of hydrogen-bond donors (Lipinski definition) is 0. The molecule has 1 aliphatic rings. The van der Waals surface area contributed by atoms with Gasteiger partial charge in [0.1, 0.15) is 12.4 Å². The first-order valence-corrected chi connectivity index (χ1v) is 7.11. The molecule has 1 aliphatic carbocycles. The number of methoxy groups -OCH3 is 1. The lowest BCUT2D eigenvalue weighted by Crippen LogP contribution is -2.47. The van der Waals surface area contributed by atoms with Crippen molar-refractivity contribution in [3.8, 4) is 5.75 Å². The van der Waals surface area contributed by atoms with Gasteiger partial charge in [-0.05, 0) is 30.5 Å². The Bertz CT molecular complexity index is 532. The highest BCUT2D eigenvalue weighted by Crippen LogP contribution is 2.38. The predicted octanol–water partition coefficient (Wildman–Crippen LogP) is 2.81. The van der Waals surface area contributed by atoms with Crippen molar-refractivity contribution in [3.63, 3.8) is 0 Å². The Hall–Kier alpha value is -2.10. The molecule has 4 heteroatoms. The smallest absolute Gasteiger partial charge is 0.324 e. The predicted molar refractivity (Wildman–Crippen MR) is 79.3 cm³/mol. The summed E-state index contributed by atoms with van der Waals surface area (Å²) in [6, 6.07) is 7.08. The van der Waals surface area contributed by atoms with Crippen LogP contribution in [0, 0.1) is 0 Å². The molecule has 0 heterocycles. The highest BCUT2D eigenvalue weighted by molar-refractivity contribution is 6.10. The summed E-state index contributed by atoms with van der Waals surface area (Å²) in [6.45, 7) is 3.65. The van der Waals surface area contributed by atoms with Crippen molar-refractivity contribution in [2.45, 2.75) is 31.1 Å². The van der Waals surface area contributed by atoms with Crippen molar-refractivity contribution in [1.82, 2.24) is 0 Å². The van der Waals surface area contributed by atoms with E-state index in [2.05, 4.69) is 6.58 Å². The Morgan fingerprint density at radius 1 is 1.33 bits per heavy atom. The number of carbonyl (C=O) groups excluding carboxylic acids is 2. The third-order valence-corrected chi connectivity index (χ3v) is 3.95. The second kappa shape index (κ2) is 6.57. The van der Waals surface area contributed by atoms with Gasteiger partial charge in [-0.1, -0.05) is 31.2 Å². The number of rotatable bonds is 5. The lowest BCUT2D eigenvalue weighted by Gasteiger charge is -2.33. The summed E-state index contributed by atoms with van der Waals surface area (Å²) in [7, 11) is 1.58. The van der Waals surface area contributed by atoms with Crippen molar-refractivity contribution < 1.29 is 19.1 Å². The fourth-order valence-electron chi connectivity index (χ4n) is 2.80. The third kappa shape index (κ3) is 2.84. The van der Waals surface area contributed by atoms with Crippen molar-refractivity contribution >= 4 is 11.8 Å². The van der Waals surface area contributed by atoms with E-state index in [1.54, 1.807) is 31.4 Å². The molecule has 0 amide bonds. The third-order valence-electron chi connectivity index (χ3n) is 3.95. The minimum Gasteiger partial charge on any atom is -0.497 e. The number of hydrogen-bond acceptors (Lipinski definition) is 4. The molecule has 0 saturated heterocycles. The minimum absolute atomic E-state index is 0.0621. The van der Waals surface area contributed by atoms with Gasteiger partial charge in [0.25, 0.3) is 0 Å². The van der Waals surface area contributed by atoms with Gasteiger partial charge in [0.2, 0.25) is 0 Å². The van der Waals surface area contributed by atoms with Gasteiger partial charge in [0.15, 0.2) is 11.2 Å². The highest BCUT2D eigenvalue weighted by Gasteiger charge is 2.49. The van der Waals surface area contributed by atoms with E-state index in [0.29, 0.717) is 24.2 Å². The van der Waals surface area contributed by atoms with Gasteiger partial charge in [-0.15, -0.1) is 0 Å². The van der Waals surface area contributed by atoms with Crippen molar-refractivity contribution in [2.75, 3.05) is 13.7 Å². The minimum atomic E-state index is -1.17. The molecule has 4 nitrogen and oxygen atoms in total. The van der Waals surface area contributed by atoms with Crippen LogP contribution in [0.5, 0.6) is 5.75 Å². The molecule has 1 aromatic rings. The Kier molecular flexibility index (Phi) is 4.78. The fourth-order valence-corrected chi connectivity index (χ4v) is 2.80. The molecule has 1 aromatic carbocycles. The Morgan fingerprint density at radius 2 is 2.05 bits per heavy atom. The summed E-state index contributed by atoms with van der Waals surface area (Å²) in [5, 5.41) is 0. The largest absolute Gasteiger partial charge is 0.497 e. The van der Waals surface area contributed by atoms with Gasteiger partial charge in [0, 0.05) is 6.42 Å². The quantitative estimate of drug-likeness (QED) is 0.475. The molecule has 1 saturated carbocycles. The molecule has 0 aromatic heterocycles.